The lowest BCUT2D eigenvalue weighted by Gasteiger charge is -2.42. The Labute approximate surface area is 210 Å². The van der Waals surface area contributed by atoms with E-state index in [0.717, 1.165) is 25.7 Å². The molecule has 0 radical (unpaired) electrons. The van der Waals surface area contributed by atoms with Gasteiger partial charge in [0.2, 0.25) is 16.6 Å². The fourth-order valence-electron chi connectivity index (χ4n) is 4.11. The Balaban J connectivity index is 2.20. The fourth-order valence-corrected chi connectivity index (χ4v) is 13.4. The van der Waals surface area contributed by atoms with Crippen LogP contribution in [0, 0.1) is 0 Å². The van der Waals surface area contributed by atoms with Crippen LogP contribution in [0.15, 0.2) is 48.5 Å². The first-order chi connectivity index (χ1) is 16.4. The number of carboxylic acid groups (broad SMARTS) is 2. The fraction of sp³-hybridized carbons (Fsp3) is 0.462. The molecule has 7 nitrogen and oxygen atoms in total. The minimum absolute atomic E-state index is 0.105. The second kappa shape index (κ2) is 12.4. The van der Waals surface area contributed by atoms with Gasteiger partial charge in [-0.1, -0.05) is 26.7 Å². The van der Waals surface area contributed by atoms with Gasteiger partial charge in [-0.15, -0.1) is 0 Å². The summed E-state index contributed by atoms with van der Waals surface area (Å²) in [5.74, 6) is -0.659. The summed E-state index contributed by atoms with van der Waals surface area (Å²) < 4.78 is 19.7. The molecule has 0 aliphatic heterocycles. The van der Waals surface area contributed by atoms with Gasteiger partial charge in [-0.05, 0) is 87.6 Å². The lowest BCUT2D eigenvalue weighted by molar-refractivity contribution is 0.0686. The second-order valence-electron chi connectivity index (χ2n) is 9.76. The van der Waals surface area contributed by atoms with Crippen molar-refractivity contribution in [3.63, 3.8) is 0 Å². The van der Waals surface area contributed by atoms with Gasteiger partial charge >= 0.3 is 11.9 Å². The summed E-state index contributed by atoms with van der Waals surface area (Å²) >= 11 is 0. The van der Waals surface area contributed by atoms with Crippen molar-refractivity contribution in [1.82, 2.24) is 0 Å². The van der Waals surface area contributed by atoms with Gasteiger partial charge in [-0.25, -0.2) is 9.59 Å². The van der Waals surface area contributed by atoms with Crippen LogP contribution in [0.3, 0.4) is 0 Å². The second-order valence-corrected chi connectivity index (χ2v) is 18.3. The first-order valence-corrected chi connectivity index (χ1v) is 18.1. The van der Waals surface area contributed by atoms with Crippen molar-refractivity contribution in [3.05, 3.63) is 59.7 Å². The molecule has 2 unspecified atom stereocenters. The number of hydrogen-bond acceptors (Lipinski definition) is 5. The van der Waals surface area contributed by atoms with Crippen molar-refractivity contribution in [1.29, 1.82) is 0 Å². The van der Waals surface area contributed by atoms with Gasteiger partial charge < -0.3 is 23.8 Å². The third-order valence-electron chi connectivity index (χ3n) is 5.94. The maximum atomic E-state index is 11.2. The Hall–Kier alpha value is -2.63. The van der Waals surface area contributed by atoms with Crippen LogP contribution in [0.1, 0.15) is 60.2 Å². The van der Waals surface area contributed by atoms with E-state index in [1.807, 2.05) is 0 Å². The third kappa shape index (κ3) is 8.22. The molecule has 0 saturated heterocycles. The molecular weight excluding hydrogens is 480 g/mol. The van der Waals surface area contributed by atoms with Crippen LogP contribution in [0.4, 0.5) is 0 Å². The maximum absolute atomic E-state index is 11.2. The van der Waals surface area contributed by atoms with Crippen LogP contribution in [0.25, 0.3) is 0 Å². The number of rotatable bonds is 14. The molecule has 0 bridgehead atoms. The summed E-state index contributed by atoms with van der Waals surface area (Å²) in [4.78, 5) is 22.3. The molecule has 35 heavy (non-hydrogen) atoms. The molecule has 192 valence electrons. The topological polar surface area (TPSA) is 102 Å². The molecule has 0 saturated carbocycles. The summed E-state index contributed by atoms with van der Waals surface area (Å²) in [6.07, 6.45) is 3.54. The molecule has 0 aliphatic carbocycles. The van der Waals surface area contributed by atoms with Crippen LogP contribution < -0.4 is 9.47 Å². The van der Waals surface area contributed by atoms with Crippen molar-refractivity contribution in [3.8, 4) is 11.5 Å². The minimum atomic E-state index is -2.37. The molecule has 2 atom stereocenters. The number of ether oxygens (including phenoxy) is 2. The molecule has 0 fully saturated rings. The van der Waals surface area contributed by atoms with Crippen LogP contribution in [0.2, 0.25) is 26.2 Å². The van der Waals surface area contributed by atoms with Gasteiger partial charge in [-0.3, -0.25) is 0 Å². The highest BCUT2D eigenvalue weighted by Crippen LogP contribution is 2.30. The Bertz CT molecular complexity index is 893. The Morgan fingerprint density at radius 2 is 1.00 bits per heavy atom. The van der Waals surface area contributed by atoms with Crippen molar-refractivity contribution in [2.45, 2.75) is 77.2 Å². The molecule has 9 heteroatoms. The van der Waals surface area contributed by atoms with Gasteiger partial charge in [0.15, 0.2) is 0 Å². The predicted octanol–water partition coefficient (Wildman–Crippen LogP) is 6.38. The third-order valence-corrected chi connectivity index (χ3v) is 14.1. The van der Waals surface area contributed by atoms with E-state index in [9.17, 15) is 9.59 Å². The zero-order chi connectivity index (χ0) is 26.2. The lowest BCUT2D eigenvalue weighted by atomic mass is 10.2. The standard InChI is InChI=1S/C26H38O7Si2/c1-7-9-23(31-21-15-11-19(12-16-21)25(27)28)34(3,4)33-35(5,6)24(10-8-2)32-22-17-13-20(14-18-22)26(29)30/h11-18,23-24H,7-10H2,1-6H3,(H,27,28)(H,29,30). The zero-order valence-corrected chi connectivity index (χ0v) is 23.5. The molecule has 0 amide bonds. The summed E-state index contributed by atoms with van der Waals surface area (Å²) in [6.45, 7) is 12.9. The molecule has 2 rings (SSSR count). The maximum Gasteiger partial charge on any atom is 0.335 e. The summed E-state index contributed by atoms with van der Waals surface area (Å²) in [7, 11) is -4.75. The van der Waals surface area contributed by atoms with Crippen LogP contribution in [-0.2, 0) is 4.12 Å². The Morgan fingerprint density at radius 1 is 0.686 bits per heavy atom. The molecule has 2 N–H and O–H groups in total. The van der Waals surface area contributed by atoms with Crippen molar-refractivity contribution < 1.29 is 33.4 Å². The highest BCUT2D eigenvalue weighted by molar-refractivity contribution is 6.86. The summed E-state index contributed by atoms with van der Waals surface area (Å²) in [6, 6.07) is 13.0. The average molecular weight is 519 g/mol. The minimum Gasteiger partial charge on any atom is -0.491 e. The van der Waals surface area contributed by atoms with Gasteiger partial charge in [0.1, 0.15) is 23.0 Å². The number of benzene rings is 2. The average Bonchev–Trinajstić information content (AvgIpc) is 2.78. The van der Waals surface area contributed by atoms with E-state index < -0.39 is 28.6 Å². The van der Waals surface area contributed by atoms with E-state index in [-0.39, 0.29) is 22.6 Å². The highest BCUT2D eigenvalue weighted by atomic mass is 28.4. The summed E-state index contributed by atoms with van der Waals surface area (Å²) in [5, 5.41) is 18.3. The number of carboxylic acids is 2. The Kier molecular flexibility index (Phi) is 10.1. The highest BCUT2D eigenvalue weighted by Gasteiger charge is 2.45. The van der Waals surface area contributed by atoms with E-state index in [1.54, 1.807) is 48.5 Å². The molecular formula is C26H38O7Si2. The molecule has 0 aliphatic rings. The number of aromatic carboxylic acids is 2. The number of hydrogen-bond donors (Lipinski definition) is 2. The molecule has 0 heterocycles. The van der Waals surface area contributed by atoms with E-state index in [1.165, 1.54) is 0 Å². The smallest absolute Gasteiger partial charge is 0.335 e. The monoisotopic (exact) mass is 518 g/mol. The van der Waals surface area contributed by atoms with Crippen molar-refractivity contribution >= 4 is 28.6 Å². The lowest BCUT2D eigenvalue weighted by Crippen LogP contribution is -2.60. The largest absolute Gasteiger partial charge is 0.491 e. The van der Waals surface area contributed by atoms with Gasteiger partial charge in [0, 0.05) is 0 Å². The van der Waals surface area contributed by atoms with E-state index in [4.69, 9.17) is 23.8 Å². The van der Waals surface area contributed by atoms with Crippen LogP contribution >= 0.6 is 0 Å². The normalized spacial score (nSPS) is 13.7. The van der Waals surface area contributed by atoms with E-state index in [0.29, 0.717) is 11.5 Å². The van der Waals surface area contributed by atoms with Gasteiger partial charge in [0.25, 0.3) is 0 Å². The SMILES string of the molecule is CCCC(Oc1ccc(C(=O)O)cc1)[Si](C)(C)O[Si](C)(C)C(CCC)Oc1ccc(C(=O)O)cc1. The first-order valence-electron chi connectivity index (χ1n) is 12.1. The summed E-state index contributed by atoms with van der Waals surface area (Å²) in [5.41, 5.74) is 0.238. The van der Waals surface area contributed by atoms with Crippen LogP contribution in [0.5, 0.6) is 11.5 Å². The zero-order valence-electron chi connectivity index (χ0n) is 21.5. The van der Waals surface area contributed by atoms with Crippen molar-refractivity contribution in [2.24, 2.45) is 0 Å². The van der Waals surface area contributed by atoms with E-state index >= 15 is 0 Å². The van der Waals surface area contributed by atoms with Gasteiger partial charge in [0.05, 0.1) is 11.1 Å². The molecule has 2 aromatic rings. The van der Waals surface area contributed by atoms with Crippen LogP contribution in [-0.4, -0.2) is 50.2 Å². The molecule has 0 spiro atoms. The Morgan fingerprint density at radius 3 is 1.26 bits per heavy atom. The number of carbonyl (C=O) groups is 2. The predicted molar refractivity (Wildman–Crippen MR) is 141 cm³/mol. The molecule has 0 aromatic heterocycles. The quantitative estimate of drug-likeness (QED) is 0.280. The first kappa shape index (κ1) is 28.6. The van der Waals surface area contributed by atoms with E-state index in [2.05, 4.69) is 40.0 Å². The van der Waals surface area contributed by atoms with Gasteiger partial charge in [-0.2, -0.15) is 0 Å². The van der Waals surface area contributed by atoms with Crippen molar-refractivity contribution in [2.75, 3.05) is 0 Å². The molecule has 2 aromatic carbocycles.